The van der Waals surface area contributed by atoms with Crippen molar-refractivity contribution in [2.75, 3.05) is 32.1 Å². The number of nitrogens with zero attached hydrogens (tertiary/aromatic N) is 3. The molecule has 2 unspecified atom stereocenters. The molecule has 1 aromatic carbocycles. The van der Waals surface area contributed by atoms with E-state index >= 15 is 0 Å². The molecule has 5 nitrogen and oxygen atoms in total. The minimum atomic E-state index is -0.168. The first-order valence-electron chi connectivity index (χ1n) is 8.84. The van der Waals surface area contributed by atoms with Gasteiger partial charge in [0.1, 0.15) is 0 Å². The van der Waals surface area contributed by atoms with Crippen LogP contribution in [0.15, 0.2) is 24.3 Å². The number of amides is 2. The summed E-state index contributed by atoms with van der Waals surface area (Å²) in [7, 11) is 3.91. The number of likely N-dealkylation sites (tertiary alicyclic amines) is 1. The number of likely N-dealkylation sites (N-methyl/N-ethyl adjacent to an activating group) is 1. The minimum Gasteiger partial charge on any atom is -0.372 e. The summed E-state index contributed by atoms with van der Waals surface area (Å²) in [6.07, 6.45) is 2.04. The van der Waals surface area contributed by atoms with Crippen molar-refractivity contribution in [1.82, 2.24) is 9.80 Å². The van der Waals surface area contributed by atoms with Crippen LogP contribution in [0, 0.1) is 5.92 Å². The first-order valence-corrected chi connectivity index (χ1v) is 8.84. The van der Waals surface area contributed by atoms with Gasteiger partial charge in [-0.05, 0) is 24.5 Å². The number of carbonyl (C=O) groups is 2. The fourth-order valence-electron chi connectivity index (χ4n) is 3.84. The summed E-state index contributed by atoms with van der Waals surface area (Å²) in [6, 6.07) is 8.48. The number of hydrogen-bond donors (Lipinski definition) is 0. The Bertz CT molecular complexity index is 631. The Morgan fingerprint density at radius 1 is 1.21 bits per heavy atom. The average Bonchev–Trinajstić information content (AvgIpc) is 2.73. The van der Waals surface area contributed by atoms with Crippen LogP contribution in [0.5, 0.6) is 0 Å². The topological polar surface area (TPSA) is 43.9 Å². The van der Waals surface area contributed by atoms with Gasteiger partial charge in [0.25, 0.3) is 0 Å². The van der Waals surface area contributed by atoms with Gasteiger partial charge in [0.2, 0.25) is 11.8 Å². The maximum atomic E-state index is 13.2. The molecule has 2 amide bonds. The van der Waals surface area contributed by atoms with Crippen LogP contribution in [-0.2, 0) is 16.1 Å². The molecule has 130 valence electrons. The van der Waals surface area contributed by atoms with Gasteiger partial charge in [-0.1, -0.05) is 25.1 Å². The van der Waals surface area contributed by atoms with Crippen LogP contribution in [0.25, 0.3) is 0 Å². The molecule has 0 saturated carbocycles. The summed E-state index contributed by atoms with van der Waals surface area (Å²) < 4.78 is 0. The largest absolute Gasteiger partial charge is 0.372 e. The van der Waals surface area contributed by atoms with Gasteiger partial charge in [-0.15, -0.1) is 0 Å². The van der Waals surface area contributed by atoms with E-state index in [0.717, 1.165) is 19.4 Å². The van der Waals surface area contributed by atoms with E-state index in [1.165, 1.54) is 11.3 Å². The highest BCUT2D eigenvalue weighted by atomic mass is 16.2. The van der Waals surface area contributed by atoms with Crippen LogP contribution in [0.3, 0.4) is 0 Å². The first-order chi connectivity index (χ1) is 11.5. The maximum Gasteiger partial charge on any atom is 0.226 e. The van der Waals surface area contributed by atoms with Crippen molar-refractivity contribution < 1.29 is 9.59 Å². The van der Waals surface area contributed by atoms with Crippen molar-refractivity contribution in [2.24, 2.45) is 5.92 Å². The molecule has 0 aromatic heterocycles. The number of anilines is 1. The number of carbonyl (C=O) groups excluding carboxylic acids is 2. The number of benzene rings is 1. The number of hydrogen-bond acceptors (Lipinski definition) is 3. The van der Waals surface area contributed by atoms with E-state index in [1.54, 1.807) is 4.90 Å². The molecule has 2 heterocycles. The quantitative estimate of drug-likeness (QED) is 0.835. The molecule has 5 heteroatoms. The van der Waals surface area contributed by atoms with Gasteiger partial charge in [0.15, 0.2) is 0 Å². The lowest BCUT2D eigenvalue weighted by molar-refractivity contribution is -0.146. The van der Waals surface area contributed by atoms with Crippen LogP contribution >= 0.6 is 0 Å². The third kappa shape index (κ3) is 3.12. The predicted molar refractivity (Wildman–Crippen MR) is 94.7 cm³/mol. The lowest BCUT2D eigenvalue weighted by atomic mass is 9.94. The Hall–Kier alpha value is -2.04. The van der Waals surface area contributed by atoms with E-state index in [2.05, 4.69) is 31.0 Å². The average molecular weight is 329 g/mol. The van der Waals surface area contributed by atoms with Gasteiger partial charge in [-0.3, -0.25) is 9.59 Å². The first kappa shape index (κ1) is 16.8. The summed E-state index contributed by atoms with van der Waals surface area (Å²) in [5, 5.41) is 0. The molecule has 0 aliphatic carbocycles. The molecule has 0 spiro atoms. The fraction of sp³-hybridized carbons (Fsp3) is 0.579. The van der Waals surface area contributed by atoms with Gasteiger partial charge >= 0.3 is 0 Å². The Morgan fingerprint density at radius 2 is 1.96 bits per heavy atom. The Labute approximate surface area is 144 Å². The van der Waals surface area contributed by atoms with E-state index in [0.29, 0.717) is 19.5 Å². The van der Waals surface area contributed by atoms with Crippen LogP contribution in [0.4, 0.5) is 5.69 Å². The molecule has 2 aliphatic heterocycles. The third-order valence-electron chi connectivity index (χ3n) is 5.43. The normalized spacial score (nSPS) is 24.6. The zero-order valence-electron chi connectivity index (χ0n) is 14.9. The second-order valence-corrected chi connectivity index (χ2v) is 7.04. The SMILES string of the molecule is CCC1CN(C)c2ccccc2CN1C(=O)C1CCN(C)C(=O)C1. The van der Waals surface area contributed by atoms with Crippen molar-refractivity contribution in [3.05, 3.63) is 29.8 Å². The molecule has 0 bridgehead atoms. The van der Waals surface area contributed by atoms with Crippen LogP contribution in [0.2, 0.25) is 0 Å². The minimum absolute atomic E-state index is 0.0833. The summed E-state index contributed by atoms with van der Waals surface area (Å²) in [5.74, 6) is 0.0618. The second kappa shape index (κ2) is 6.83. The molecule has 0 N–H and O–H groups in total. The van der Waals surface area contributed by atoms with Crippen molar-refractivity contribution in [2.45, 2.75) is 38.8 Å². The number of rotatable bonds is 2. The Morgan fingerprint density at radius 3 is 2.67 bits per heavy atom. The fourth-order valence-corrected chi connectivity index (χ4v) is 3.84. The van der Waals surface area contributed by atoms with Gasteiger partial charge in [-0.25, -0.2) is 0 Å². The standard InChI is InChI=1S/C19H27N3O2/c1-4-16-13-21(3)17-8-6-5-7-15(17)12-22(16)19(24)14-9-10-20(2)18(23)11-14/h5-8,14,16H,4,9-13H2,1-3H3. The van der Waals surface area contributed by atoms with Crippen molar-refractivity contribution in [3.8, 4) is 0 Å². The summed E-state index contributed by atoms with van der Waals surface area (Å²) >= 11 is 0. The second-order valence-electron chi connectivity index (χ2n) is 7.04. The van der Waals surface area contributed by atoms with Gasteiger partial charge in [0.05, 0.1) is 0 Å². The van der Waals surface area contributed by atoms with Crippen molar-refractivity contribution in [1.29, 1.82) is 0 Å². The lowest BCUT2D eigenvalue weighted by Crippen LogP contribution is -2.48. The monoisotopic (exact) mass is 329 g/mol. The summed E-state index contributed by atoms with van der Waals surface area (Å²) in [5.41, 5.74) is 2.38. The summed E-state index contributed by atoms with van der Waals surface area (Å²) in [6.45, 7) is 4.28. The zero-order valence-corrected chi connectivity index (χ0v) is 14.9. The van der Waals surface area contributed by atoms with Gasteiger partial charge in [-0.2, -0.15) is 0 Å². The van der Waals surface area contributed by atoms with E-state index < -0.39 is 0 Å². The van der Waals surface area contributed by atoms with Crippen molar-refractivity contribution >= 4 is 17.5 Å². The molecule has 0 radical (unpaired) electrons. The molecular formula is C19H27N3O2. The van der Waals surface area contributed by atoms with Gasteiger partial charge < -0.3 is 14.7 Å². The molecular weight excluding hydrogens is 302 g/mol. The number of piperidine rings is 1. The highest BCUT2D eigenvalue weighted by Gasteiger charge is 2.35. The smallest absolute Gasteiger partial charge is 0.226 e. The van der Waals surface area contributed by atoms with Gasteiger partial charge in [0, 0.05) is 57.8 Å². The van der Waals surface area contributed by atoms with Crippen LogP contribution in [0.1, 0.15) is 31.7 Å². The molecule has 1 fully saturated rings. The zero-order chi connectivity index (χ0) is 17.3. The maximum absolute atomic E-state index is 13.2. The van der Waals surface area contributed by atoms with E-state index in [-0.39, 0.29) is 23.8 Å². The number of fused-ring (bicyclic) bond motifs is 1. The Balaban J connectivity index is 1.85. The molecule has 2 aliphatic rings. The molecule has 3 rings (SSSR count). The highest BCUT2D eigenvalue weighted by Crippen LogP contribution is 2.29. The lowest BCUT2D eigenvalue weighted by Gasteiger charge is -2.36. The van der Waals surface area contributed by atoms with E-state index in [4.69, 9.17) is 0 Å². The third-order valence-corrected chi connectivity index (χ3v) is 5.43. The van der Waals surface area contributed by atoms with Crippen LogP contribution < -0.4 is 4.90 Å². The van der Waals surface area contributed by atoms with E-state index in [9.17, 15) is 9.59 Å². The molecule has 1 aromatic rings. The van der Waals surface area contributed by atoms with E-state index in [1.807, 2.05) is 24.1 Å². The van der Waals surface area contributed by atoms with Crippen molar-refractivity contribution in [3.63, 3.8) is 0 Å². The number of para-hydroxylation sites is 1. The molecule has 1 saturated heterocycles. The molecule has 24 heavy (non-hydrogen) atoms. The van der Waals surface area contributed by atoms with Crippen LogP contribution in [-0.4, -0.2) is 54.8 Å². The molecule has 2 atom stereocenters. The summed E-state index contributed by atoms with van der Waals surface area (Å²) in [4.78, 5) is 31.2. The highest BCUT2D eigenvalue weighted by molar-refractivity contribution is 5.87. The Kier molecular flexibility index (Phi) is 4.78. The predicted octanol–water partition coefficient (Wildman–Crippen LogP) is 2.11.